The lowest BCUT2D eigenvalue weighted by molar-refractivity contribution is -0.148. The second-order valence-corrected chi connectivity index (χ2v) is 6.16. The molecule has 0 aromatic carbocycles. The van der Waals surface area contributed by atoms with Gasteiger partial charge in [-0.25, -0.2) is 4.98 Å². The molecule has 0 radical (unpaired) electrons. The summed E-state index contributed by atoms with van der Waals surface area (Å²) in [5.41, 5.74) is -0.915. The van der Waals surface area contributed by atoms with Gasteiger partial charge in [-0.1, -0.05) is 41.7 Å². The van der Waals surface area contributed by atoms with Crippen LogP contribution in [-0.2, 0) is 4.79 Å². The number of carboxylic acid groups (broad SMARTS) is 1. The minimum absolute atomic E-state index is 0.0108. The number of carbonyl (C=O) groups is 2. The van der Waals surface area contributed by atoms with E-state index in [0.717, 1.165) is 0 Å². The number of pyridine rings is 1. The Kier molecular flexibility index (Phi) is 4.66. The van der Waals surface area contributed by atoms with Crippen LogP contribution in [0.5, 0.6) is 0 Å². The van der Waals surface area contributed by atoms with Gasteiger partial charge in [0.1, 0.15) is 5.69 Å². The summed E-state index contributed by atoms with van der Waals surface area (Å²) < 4.78 is 0. The Morgan fingerprint density at radius 1 is 1.38 bits per heavy atom. The normalized spacial score (nSPS) is 21.6. The number of aliphatic carboxylic acids is 1. The topological polar surface area (TPSA) is 70.5 Å². The fraction of sp³-hybridized carbons (Fsp3) is 0.462. The quantitative estimate of drug-likeness (QED) is 0.906. The molecule has 1 aliphatic heterocycles. The molecule has 8 heteroatoms. The highest BCUT2D eigenvalue weighted by molar-refractivity contribution is 6.48. The zero-order valence-corrected chi connectivity index (χ0v) is 13.5. The highest BCUT2D eigenvalue weighted by atomic mass is 35.5. The van der Waals surface area contributed by atoms with E-state index in [2.05, 4.69) is 4.98 Å². The lowest BCUT2D eigenvalue weighted by Gasteiger charge is -2.23. The number of aromatic nitrogens is 1. The molecule has 0 saturated carbocycles. The van der Waals surface area contributed by atoms with Crippen molar-refractivity contribution in [2.75, 3.05) is 13.1 Å². The van der Waals surface area contributed by atoms with Gasteiger partial charge in [-0.15, -0.1) is 0 Å². The Hall–Kier alpha value is -1.04. The average Bonchev–Trinajstić information content (AvgIpc) is 2.90. The fourth-order valence-corrected chi connectivity index (χ4v) is 2.96. The third-order valence-electron chi connectivity index (χ3n) is 3.89. The minimum atomic E-state index is -0.904. The first kappa shape index (κ1) is 16.3. The van der Waals surface area contributed by atoms with Crippen molar-refractivity contribution in [3.8, 4) is 0 Å². The van der Waals surface area contributed by atoms with Crippen LogP contribution in [0.3, 0.4) is 0 Å². The Morgan fingerprint density at radius 2 is 2.05 bits per heavy atom. The van der Waals surface area contributed by atoms with Gasteiger partial charge >= 0.3 is 5.97 Å². The van der Waals surface area contributed by atoms with E-state index in [9.17, 15) is 14.7 Å². The van der Waals surface area contributed by atoms with E-state index in [1.807, 2.05) is 0 Å². The van der Waals surface area contributed by atoms with Gasteiger partial charge in [0.2, 0.25) is 0 Å². The van der Waals surface area contributed by atoms with Crippen molar-refractivity contribution < 1.29 is 14.7 Å². The predicted molar refractivity (Wildman–Crippen MR) is 80.1 cm³/mol. The summed E-state index contributed by atoms with van der Waals surface area (Å²) in [6.45, 7) is 2.28. The van der Waals surface area contributed by atoms with E-state index < -0.39 is 17.3 Å². The number of amides is 1. The summed E-state index contributed by atoms with van der Waals surface area (Å²) in [6.07, 6.45) is 2.11. The number of likely N-dealkylation sites (tertiary alicyclic amines) is 1. The number of carboxylic acids is 1. The van der Waals surface area contributed by atoms with Crippen molar-refractivity contribution in [3.05, 3.63) is 27.0 Å². The van der Waals surface area contributed by atoms with Gasteiger partial charge < -0.3 is 10.0 Å². The summed E-state index contributed by atoms with van der Waals surface area (Å²) in [7, 11) is 0. The van der Waals surface area contributed by atoms with E-state index in [1.54, 1.807) is 6.92 Å². The van der Waals surface area contributed by atoms with Gasteiger partial charge in [-0.3, -0.25) is 9.59 Å². The van der Waals surface area contributed by atoms with Gasteiger partial charge in [0, 0.05) is 19.3 Å². The highest BCUT2D eigenvalue weighted by Gasteiger charge is 2.45. The van der Waals surface area contributed by atoms with E-state index in [-0.39, 0.29) is 27.3 Å². The van der Waals surface area contributed by atoms with Crippen LogP contribution in [0.25, 0.3) is 0 Å². The molecule has 0 aliphatic carbocycles. The van der Waals surface area contributed by atoms with E-state index in [0.29, 0.717) is 19.4 Å². The summed E-state index contributed by atoms with van der Waals surface area (Å²) in [6, 6.07) is 0. The van der Waals surface area contributed by atoms with Gasteiger partial charge in [-0.05, 0) is 12.8 Å². The van der Waals surface area contributed by atoms with Crippen molar-refractivity contribution in [1.82, 2.24) is 9.88 Å². The molecule has 2 rings (SSSR count). The predicted octanol–water partition coefficient (Wildman–Crippen LogP) is 3.37. The molecule has 1 amide bonds. The van der Waals surface area contributed by atoms with Crippen LogP contribution in [0.4, 0.5) is 0 Å². The smallest absolute Gasteiger partial charge is 0.311 e. The SMILES string of the molecule is CCC1(C(=O)O)CCN(C(=O)c2ncc(Cl)c(Cl)c2Cl)C1. The van der Waals surface area contributed by atoms with Crippen LogP contribution in [0.2, 0.25) is 15.1 Å². The Bertz CT molecular complexity index is 609. The van der Waals surface area contributed by atoms with Crippen molar-refractivity contribution in [3.63, 3.8) is 0 Å². The maximum absolute atomic E-state index is 12.4. The van der Waals surface area contributed by atoms with Crippen LogP contribution in [0.1, 0.15) is 30.3 Å². The van der Waals surface area contributed by atoms with Gasteiger partial charge in [0.05, 0.1) is 20.5 Å². The number of hydrogen-bond acceptors (Lipinski definition) is 3. The molecule has 5 nitrogen and oxygen atoms in total. The maximum atomic E-state index is 12.4. The Labute approximate surface area is 136 Å². The molecule has 0 spiro atoms. The zero-order chi connectivity index (χ0) is 15.8. The average molecular weight is 352 g/mol. The van der Waals surface area contributed by atoms with E-state index in [4.69, 9.17) is 34.8 Å². The largest absolute Gasteiger partial charge is 0.481 e. The monoisotopic (exact) mass is 350 g/mol. The molecular formula is C13H13Cl3N2O3. The maximum Gasteiger partial charge on any atom is 0.311 e. The summed E-state index contributed by atoms with van der Waals surface area (Å²) in [5.74, 6) is -1.33. The Balaban J connectivity index is 2.27. The van der Waals surface area contributed by atoms with Crippen molar-refractivity contribution in [1.29, 1.82) is 0 Å². The molecule has 1 N–H and O–H groups in total. The second kappa shape index (κ2) is 5.99. The van der Waals surface area contributed by atoms with Gasteiger partial charge in [0.15, 0.2) is 0 Å². The zero-order valence-electron chi connectivity index (χ0n) is 11.2. The molecule has 114 valence electrons. The van der Waals surface area contributed by atoms with Crippen LogP contribution in [0, 0.1) is 5.41 Å². The molecule has 1 atom stereocenters. The van der Waals surface area contributed by atoms with Crippen molar-refractivity contribution in [2.45, 2.75) is 19.8 Å². The molecule has 1 aromatic heterocycles. The molecule has 21 heavy (non-hydrogen) atoms. The van der Waals surface area contributed by atoms with Crippen molar-refractivity contribution >= 4 is 46.7 Å². The number of carbonyl (C=O) groups excluding carboxylic acids is 1. The standard InChI is InChI=1S/C13H13Cl3N2O3/c1-2-13(12(20)21)3-4-18(6-13)11(19)10-9(16)8(15)7(14)5-17-10/h5H,2-4,6H2,1H3,(H,20,21). The van der Waals surface area contributed by atoms with Crippen LogP contribution >= 0.6 is 34.8 Å². The summed E-state index contributed by atoms with van der Waals surface area (Å²) in [5, 5.41) is 9.56. The summed E-state index contributed by atoms with van der Waals surface area (Å²) >= 11 is 17.7. The van der Waals surface area contributed by atoms with E-state index in [1.165, 1.54) is 11.1 Å². The lowest BCUT2D eigenvalue weighted by Crippen LogP contribution is -2.36. The lowest BCUT2D eigenvalue weighted by atomic mass is 9.84. The first-order valence-corrected chi connectivity index (χ1v) is 7.48. The second-order valence-electron chi connectivity index (χ2n) is 5.00. The molecular weight excluding hydrogens is 339 g/mol. The van der Waals surface area contributed by atoms with Crippen LogP contribution in [-0.4, -0.2) is 40.0 Å². The van der Waals surface area contributed by atoms with Crippen LogP contribution in [0.15, 0.2) is 6.20 Å². The number of rotatable bonds is 3. The molecule has 2 heterocycles. The first-order valence-electron chi connectivity index (χ1n) is 6.34. The highest BCUT2D eigenvalue weighted by Crippen LogP contribution is 2.36. The van der Waals surface area contributed by atoms with Crippen LogP contribution < -0.4 is 0 Å². The number of halogens is 3. The van der Waals surface area contributed by atoms with Gasteiger partial charge in [-0.2, -0.15) is 0 Å². The third-order valence-corrected chi connectivity index (χ3v) is 5.13. The Morgan fingerprint density at radius 3 is 2.57 bits per heavy atom. The molecule has 1 aliphatic rings. The fourth-order valence-electron chi connectivity index (χ4n) is 2.40. The van der Waals surface area contributed by atoms with Gasteiger partial charge in [0.25, 0.3) is 5.91 Å². The van der Waals surface area contributed by atoms with Crippen molar-refractivity contribution in [2.24, 2.45) is 5.41 Å². The number of hydrogen-bond donors (Lipinski definition) is 1. The minimum Gasteiger partial charge on any atom is -0.481 e. The third kappa shape index (κ3) is 2.82. The van der Waals surface area contributed by atoms with E-state index >= 15 is 0 Å². The molecule has 1 unspecified atom stereocenters. The summed E-state index contributed by atoms with van der Waals surface area (Å²) in [4.78, 5) is 29.2. The number of nitrogens with zero attached hydrogens (tertiary/aromatic N) is 2. The first-order chi connectivity index (χ1) is 9.82. The molecule has 1 fully saturated rings. The molecule has 1 saturated heterocycles. The molecule has 1 aromatic rings. The molecule has 0 bridgehead atoms.